The van der Waals surface area contributed by atoms with Crippen molar-refractivity contribution in [3.63, 3.8) is 0 Å². The quantitative estimate of drug-likeness (QED) is 0.0677. The molecule has 0 aliphatic rings. The number of nitrogen functional groups attached to an aromatic ring is 1. The third-order valence-electron chi connectivity index (χ3n) is 6.57. The number of anilines is 1. The molecule has 218 valence electrons. The summed E-state index contributed by atoms with van der Waals surface area (Å²) < 4.78 is 24.1. The number of imidazole rings is 1. The third-order valence-corrected chi connectivity index (χ3v) is 7.00. The summed E-state index contributed by atoms with van der Waals surface area (Å²) in [5, 5.41) is 11.0. The number of unbranched alkanes of at least 4 members (excludes halogenated alkanes) is 1. The van der Waals surface area contributed by atoms with Crippen LogP contribution < -0.4 is 10.3 Å². The van der Waals surface area contributed by atoms with Gasteiger partial charge in [-0.25, -0.2) is 24.3 Å². The molecule has 0 unspecified atom stereocenters. The number of hydrogen-bond donors (Lipinski definition) is 4. The molecule has 0 aliphatic heterocycles. The van der Waals surface area contributed by atoms with Crippen molar-refractivity contribution in [3.8, 4) is 11.5 Å². The van der Waals surface area contributed by atoms with E-state index in [0.717, 1.165) is 48.0 Å². The van der Waals surface area contributed by atoms with Crippen LogP contribution >= 0.6 is 7.82 Å². The maximum absolute atomic E-state index is 11.6. The molecule has 0 bridgehead atoms. The number of carbonyl (C=O) groups excluding carboxylic acids is 1. The van der Waals surface area contributed by atoms with E-state index in [1.54, 1.807) is 0 Å². The molecule has 0 fully saturated rings. The first-order chi connectivity index (χ1) is 19.7. The van der Waals surface area contributed by atoms with Crippen molar-refractivity contribution in [2.24, 2.45) is 4.99 Å². The molecule has 13 heteroatoms. The molecule has 2 aromatic carbocycles. The lowest BCUT2D eigenvalue weighted by molar-refractivity contribution is 0.131. The van der Waals surface area contributed by atoms with Gasteiger partial charge in [0.1, 0.15) is 22.8 Å². The standard InChI is InChI=1S/C28H34N5O7P/c1-2-3-7-25-32-26-27(33(25)17-20-16-21(35)9-11-24(20)40-41(36,37)38)22-10-8-19(15-23(22)31-28(26)29)6-4-13-39-14-5-12-30-18-34/h8-11,15-16,35H,2-7,12-14,17H2,1H3,(H2,29,31)(H2,36,37,38). The predicted octanol–water partition coefficient (Wildman–Crippen LogP) is 4.41. The number of phenols is 1. The van der Waals surface area contributed by atoms with Crippen molar-refractivity contribution in [3.05, 3.63) is 53.3 Å². The predicted molar refractivity (Wildman–Crippen MR) is 155 cm³/mol. The zero-order valence-corrected chi connectivity index (χ0v) is 23.7. The number of nitrogens with two attached hydrogens (primary N) is 1. The number of phosphoric acid groups is 1. The Morgan fingerprint density at radius 1 is 1.07 bits per heavy atom. The second kappa shape index (κ2) is 13.7. The summed E-state index contributed by atoms with van der Waals surface area (Å²) >= 11 is 0. The zero-order chi connectivity index (χ0) is 29.4. The van der Waals surface area contributed by atoms with E-state index in [1.807, 2.05) is 22.8 Å². The molecule has 0 aliphatic carbocycles. The van der Waals surface area contributed by atoms with Crippen LogP contribution in [0.25, 0.3) is 21.9 Å². The highest BCUT2D eigenvalue weighted by Gasteiger charge is 2.22. The molecule has 0 radical (unpaired) electrons. The number of hydrogen-bond acceptors (Lipinski definition) is 9. The van der Waals surface area contributed by atoms with Gasteiger partial charge in [0.2, 0.25) is 6.08 Å². The minimum Gasteiger partial charge on any atom is -0.508 e. The molecule has 0 saturated heterocycles. The van der Waals surface area contributed by atoms with Crippen molar-refractivity contribution in [1.82, 2.24) is 14.5 Å². The number of pyridine rings is 1. The normalized spacial score (nSPS) is 11.7. The van der Waals surface area contributed by atoms with Crippen LogP contribution in [0.1, 0.15) is 49.6 Å². The van der Waals surface area contributed by atoms with Gasteiger partial charge in [-0.3, -0.25) is 9.79 Å². The first kappa shape index (κ1) is 30.2. The Labute approximate surface area is 237 Å². The van der Waals surface area contributed by atoms with E-state index in [4.69, 9.17) is 20.0 Å². The van der Waals surface area contributed by atoms with E-state index < -0.39 is 7.82 Å². The topological polar surface area (TPSA) is 182 Å². The highest BCUT2D eigenvalue weighted by Crippen LogP contribution is 2.41. The molecule has 0 atom stereocenters. The molecule has 4 aromatic rings. The monoisotopic (exact) mass is 583 g/mol. The van der Waals surface area contributed by atoms with Crippen molar-refractivity contribution >= 4 is 41.7 Å². The smallest absolute Gasteiger partial charge is 0.508 e. The van der Waals surface area contributed by atoms with E-state index >= 15 is 0 Å². The number of benzene rings is 2. The Morgan fingerprint density at radius 3 is 2.63 bits per heavy atom. The molecule has 12 nitrogen and oxygen atoms in total. The summed E-state index contributed by atoms with van der Waals surface area (Å²) in [7, 11) is -4.83. The van der Waals surface area contributed by atoms with Crippen LogP contribution in [0, 0.1) is 0 Å². The van der Waals surface area contributed by atoms with Gasteiger partial charge in [0, 0.05) is 30.6 Å². The average Bonchev–Trinajstić information content (AvgIpc) is 3.28. The molecule has 0 saturated carbocycles. The Bertz CT molecular complexity index is 1610. The molecule has 2 heterocycles. The summed E-state index contributed by atoms with van der Waals surface area (Å²) in [5.41, 5.74) is 9.84. The molecule has 41 heavy (non-hydrogen) atoms. The lowest BCUT2D eigenvalue weighted by Gasteiger charge is -2.16. The van der Waals surface area contributed by atoms with Gasteiger partial charge in [0.25, 0.3) is 0 Å². The fraction of sp³-hybridized carbons (Fsp3) is 0.393. The number of rotatable bonds is 15. The van der Waals surface area contributed by atoms with Gasteiger partial charge in [-0.2, -0.15) is 0 Å². The molecular weight excluding hydrogens is 549 g/mol. The van der Waals surface area contributed by atoms with Crippen LogP contribution in [0.2, 0.25) is 0 Å². The van der Waals surface area contributed by atoms with E-state index in [9.17, 15) is 24.3 Å². The number of aromatic hydroxyl groups is 1. The van der Waals surface area contributed by atoms with Gasteiger partial charge >= 0.3 is 7.82 Å². The largest absolute Gasteiger partial charge is 0.524 e. The highest BCUT2D eigenvalue weighted by atomic mass is 31.2. The van der Waals surface area contributed by atoms with Gasteiger partial charge < -0.3 is 24.7 Å². The molecular formula is C28H34N5O7P. The van der Waals surface area contributed by atoms with Crippen molar-refractivity contribution < 1.29 is 33.5 Å². The van der Waals surface area contributed by atoms with Crippen molar-refractivity contribution in [1.29, 1.82) is 0 Å². The summed E-state index contributed by atoms with van der Waals surface area (Å²) in [6.07, 6.45) is 6.23. The number of ether oxygens (including phenoxy) is 1. The number of aliphatic imine (C=N–C) groups is 1. The van der Waals surface area contributed by atoms with Gasteiger partial charge in [0.05, 0.1) is 24.1 Å². The van der Waals surface area contributed by atoms with Crippen LogP contribution in [0.5, 0.6) is 11.5 Å². The second-order valence-electron chi connectivity index (χ2n) is 9.68. The highest BCUT2D eigenvalue weighted by molar-refractivity contribution is 7.46. The lowest BCUT2D eigenvalue weighted by atomic mass is 10.1. The van der Waals surface area contributed by atoms with Crippen molar-refractivity contribution in [2.75, 3.05) is 25.5 Å². The molecule has 2 aromatic heterocycles. The number of phenolic OH excluding ortho intramolecular Hbond substituents is 1. The van der Waals surface area contributed by atoms with Gasteiger partial charge in [-0.15, -0.1) is 0 Å². The number of aromatic nitrogens is 3. The summed E-state index contributed by atoms with van der Waals surface area (Å²) in [5.74, 6) is 0.928. The molecule has 0 spiro atoms. The van der Waals surface area contributed by atoms with Crippen LogP contribution in [0.3, 0.4) is 0 Å². The van der Waals surface area contributed by atoms with E-state index in [2.05, 4.69) is 16.9 Å². The minimum absolute atomic E-state index is 0.0354. The fourth-order valence-corrected chi connectivity index (χ4v) is 5.14. The third kappa shape index (κ3) is 7.91. The SMILES string of the molecule is CCCCc1nc2c(N)nc3cc(CCCOCCCN=C=O)ccc3c2n1Cc1cc(O)ccc1OP(=O)(O)O. The van der Waals surface area contributed by atoms with Gasteiger partial charge in [-0.05, 0) is 55.5 Å². The second-order valence-corrected chi connectivity index (χ2v) is 10.8. The Hall–Kier alpha value is -3.79. The number of isocyanates is 1. The lowest BCUT2D eigenvalue weighted by Crippen LogP contribution is -2.07. The fourth-order valence-electron chi connectivity index (χ4n) is 4.70. The summed E-state index contributed by atoms with van der Waals surface area (Å²) in [4.78, 5) is 41.9. The first-order valence-corrected chi connectivity index (χ1v) is 15.0. The van der Waals surface area contributed by atoms with Gasteiger partial charge in [0.15, 0.2) is 5.82 Å². The Morgan fingerprint density at radius 2 is 1.88 bits per heavy atom. The molecule has 0 amide bonds. The van der Waals surface area contributed by atoms with Crippen LogP contribution in [-0.2, 0) is 33.5 Å². The Balaban J connectivity index is 1.68. The maximum Gasteiger partial charge on any atom is 0.524 e. The maximum atomic E-state index is 11.6. The molecule has 5 N–H and O–H groups in total. The van der Waals surface area contributed by atoms with Crippen molar-refractivity contribution in [2.45, 2.75) is 52.0 Å². The van der Waals surface area contributed by atoms with Gasteiger partial charge in [-0.1, -0.05) is 25.5 Å². The summed E-state index contributed by atoms with van der Waals surface area (Å²) in [6, 6.07) is 10.1. The number of fused-ring (bicyclic) bond motifs is 3. The van der Waals surface area contributed by atoms with Crippen LogP contribution in [0.15, 0.2) is 41.4 Å². The van der Waals surface area contributed by atoms with E-state index in [-0.39, 0.29) is 23.9 Å². The summed E-state index contributed by atoms with van der Waals surface area (Å²) in [6.45, 7) is 3.73. The average molecular weight is 584 g/mol. The Kier molecular flexibility index (Phi) is 10.1. The minimum atomic E-state index is -4.83. The number of phosphoric ester groups is 1. The zero-order valence-electron chi connectivity index (χ0n) is 22.8. The van der Waals surface area contributed by atoms with Crippen LogP contribution in [0.4, 0.5) is 5.82 Å². The molecule has 4 rings (SSSR count). The van der Waals surface area contributed by atoms with E-state index in [1.165, 1.54) is 24.3 Å². The number of nitrogens with zero attached hydrogens (tertiary/aromatic N) is 4. The van der Waals surface area contributed by atoms with Crippen LogP contribution in [-0.4, -0.2) is 55.3 Å². The first-order valence-electron chi connectivity index (χ1n) is 13.5. The number of aryl methyl sites for hydroxylation is 2. The van der Waals surface area contributed by atoms with E-state index in [0.29, 0.717) is 49.2 Å².